The maximum absolute atomic E-state index is 13.2. The van der Waals surface area contributed by atoms with Crippen LogP contribution in [0.3, 0.4) is 0 Å². The summed E-state index contributed by atoms with van der Waals surface area (Å²) in [5.41, 5.74) is 0.449. The fourth-order valence-electron chi connectivity index (χ4n) is 3.84. The Morgan fingerprint density at radius 2 is 1.95 bits per heavy atom. The molecule has 1 aromatic heterocycles. The third kappa shape index (κ3) is 2.18. The molecule has 20 heavy (non-hydrogen) atoms. The Morgan fingerprint density at radius 1 is 1.25 bits per heavy atom. The van der Waals surface area contributed by atoms with Gasteiger partial charge in [0.15, 0.2) is 0 Å². The van der Waals surface area contributed by atoms with E-state index in [1.54, 1.807) is 10.9 Å². The molecule has 2 fully saturated rings. The summed E-state index contributed by atoms with van der Waals surface area (Å²) in [6.07, 6.45) is 9.42. The van der Waals surface area contributed by atoms with Gasteiger partial charge in [0.05, 0.1) is 11.7 Å². The molecular formula is C15H24N4O. The predicted octanol–water partition coefficient (Wildman–Crippen LogP) is 2.28. The highest BCUT2D eigenvalue weighted by Crippen LogP contribution is 2.39. The number of carbonyl (C=O) groups excluding carboxylic acids is 1. The molecule has 3 rings (SSSR count). The third-order valence-electron chi connectivity index (χ3n) is 4.85. The summed E-state index contributed by atoms with van der Waals surface area (Å²) in [6, 6.07) is 0. The van der Waals surface area contributed by atoms with Gasteiger partial charge in [0.2, 0.25) is 5.78 Å². The third-order valence-corrected chi connectivity index (χ3v) is 4.85. The second-order valence-corrected chi connectivity index (χ2v) is 6.10. The van der Waals surface area contributed by atoms with Crippen LogP contribution in [0, 0.1) is 0 Å². The molecule has 0 bridgehead atoms. The fraction of sp³-hybridized carbons (Fsp3) is 0.800. The first-order valence-corrected chi connectivity index (χ1v) is 7.96. The van der Waals surface area contributed by atoms with E-state index in [0.29, 0.717) is 5.69 Å². The molecule has 1 saturated heterocycles. The summed E-state index contributed by atoms with van der Waals surface area (Å²) in [5, 5.41) is 8.05. The summed E-state index contributed by atoms with van der Waals surface area (Å²) in [6.45, 7) is 5.01. The molecule has 5 nitrogen and oxygen atoms in total. The summed E-state index contributed by atoms with van der Waals surface area (Å²) < 4.78 is 1.79. The zero-order valence-electron chi connectivity index (χ0n) is 12.3. The van der Waals surface area contributed by atoms with Crippen LogP contribution in [-0.2, 0) is 6.54 Å². The Bertz CT molecular complexity index is 470. The molecule has 0 radical (unpaired) electrons. The largest absolute Gasteiger partial charge is 0.291 e. The van der Waals surface area contributed by atoms with Crippen molar-refractivity contribution in [2.75, 3.05) is 13.1 Å². The molecule has 0 atom stereocenters. The van der Waals surface area contributed by atoms with Gasteiger partial charge in [-0.25, -0.2) is 4.68 Å². The number of hydrogen-bond donors (Lipinski definition) is 0. The molecule has 0 N–H and O–H groups in total. The van der Waals surface area contributed by atoms with Crippen LogP contribution in [0.2, 0.25) is 0 Å². The van der Waals surface area contributed by atoms with Crippen LogP contribution in [0.15, 0.2) is 6.20 Å². The monoisotopic (exact) mass is 276 g/mol. The number of ketones is 1. The van der Waals surface area contributed by atoms with Crippen LogP contribution < -0.4 is 0 Å². The molecule has 0 amide bonds. The molecule has 1 aliphatic heterocycles. The average Bonchev–Trinajstić information content (AvgIpc) is 3.20. The highest BCUT2D eigenvalue weighted by molar-refractivity contribution is 6.02. The lowest BCUT2D eigenvalue weighted by Gasteiger charge is -2.37. The fourth-order valence-corrected chi connectivity index (χ4v) is 3.84. The summed E-state index contributed by atoms with van der Waals surface area (Å²) >= 11 is 0. The van der Waals surface area contributed by atoms with Crippen LogP contribution in [0.5, 0.6) is 0 Å². The first kappa shape index (κ1) is 13.7. The molecule has 2 heterocycles. The van der Waals surface area contributed by atoms with Crippen molar-refractivity contribution in [3.05, 3.63) is 11.9 Å². The van der Waals surface area contributed by atoms with Gasteiger partial charge in [-0.2, -0.15) is 0 Å². The summed E-state index contributed by atoms with van der Waals surface area (Å²) in [5.74, 6) is 0.260. The van der Waals surface area contributed by atoms with E-state index in [1.165, 1.54) is 12.8 Å². The topological polar surface area (TPSA) is 51.0 Å². The highest BCUT2D eigenvalue weighted by atomic mass is 16.1. The van der Waals surface area contributed by atoms with Crippen LogP contribution in [0.4, 0.5) is 0 Å². The predicted molar refractivity (Wildman–Crippen MR) is 76.6 cm³/mol. The van der Waals surface area contributed by atoms with Crippen molar-refractivity contribution in [3.63, 3.8) is 0 Å². The zero-order valence-corrected chi connectivity index (χ0v) is 12.3. The van der Waals surface area contributed by atoms with Crippen molar-refractivity contribution in [2.24, 2.45) is 0 Å². The number of aromatic nitrogens is 3. The number of Topliss-reactive ketones (excluding diaryl/α,β-unsaturated/α-hetero) is 1. The quantitative estimate of drug-likeness (QED) is 0.774. The first-order valence-electron chi connectivity index (χ1n) is 7.96. The molecule has 1 aliphatic carbocycles. The minimum atomic E-state index is -0.260. The van der Waals surface area contributed by atoms with Gasteiger partial charge in [-0.15, -0.1) is 5.10 Å². The van der Waals surface area contributed by atoms with Crippen molar-refractivity contribution in [3.8, 4) is 0 Å². The maximum atomic E-state index is 13.2. The highest BCUT2D eigenvalue weighted by Gasteiger charge is 2.47. The van der Waals surface area contributed by atoms with Crippen molar-refractivity contribution < 1.29 is 4.79 Å². The Morgan fingerprint density at radius 3 is 2.60 bits per heavy atom. The van der Waals surface area contributed by atoms with E-state index in [4.69, 9.17) is 0 Å². The number of nitrogens with zero attached hydrogens (tertiary/aromatic N) is 4. The smallest absolute Gasteiger partial charge is 0.202 e. The first-order chi connectivity index (χ1) is 9.78. The number of carbonyl (C=O) groups is 1. The minimum Gasteiger partial charge on any atom is -0.291 e. The van der Waals surface area contributed by atoms with E-state index in [1.807, 2.05) is 0 Å². The number of rotatable bonds is 5. The average molecular weight is 276 g/mol. The van der Waals surface area contributed by atoms with Crippen molar-refractivity contribution >= 4 is 5.78 Å². The van der Waals surface area contributed by atoms with Crippen molar-refractivity contribution in [1.29, 1.82) is 0 Å². The molecule has 0 unspecified atom stereocenters. The number of aryl methyl sites for hydroxylation is 1. The van der Waals surface area contributed by atoms with Gasteiger partial charge in [0.1, 0.15) is 5.69 Å². The SMILES string of the molecule is CCCn1nncc1C(=O)C1(N2CCCC2)CCCC1. The molecule has 2 aliphatic rings. The second kappa shape index (κ2) is 5.64. The van der Waals surface area contributed by atoms with Crippen LogP contribution in [-0.4, -0.2) is 44.3 Å². The Labute approximate surface area is 120 Å². The molecule has 110 valence electrons. The Hall–Kier alpha value is -1.23. The van der Waals surface area contributed by atoms with Gasteiger partial charge >= 0.3 is 0 Å². The van der Waals surface area contributed by atoms with E-state index >= 15 is 0 Å². The zero-order chi connectivity index (χ0) is 14.0. The number of hydrogen-bond acceptors (Lipinski definition) is 4. The molecule has 5 heteroatoms. The summed E-state index contributed by atoms with van der Waals surface area (Å²) in [4.78, 5) is 15.6. The molecule has 0 spiro atoms. The van der Waals surface area contributed by atoms with Crippen LogP contribution in [0.25, 0.3) is 0 Å². The lowest BCUT2D eigenvalue weighted by molar-refractivity contribution is 0.0614. The molecule has 1 aromatic rings. The minimum absolute atomic E-state index is 0.260. The van der Waals surface area contributed by atoms with Gasteiger partial charge < -0.3 is 0 Å². The van der Waals surface area contributed by atoms with Gasteiger partial charge in [0, 0.05) is 6.54 Å². The molecule has 1 saturated carbocycles. The lowest BCUT2D eigenvalue weighted by Crippen LogP contribution is -2.52. The van der Waals surface area contributed by atoms with Crippen molar-refractivity contribution in [2.45, 2.75) is 64.0 Å². The van der Waals surface area contributed by atoms with E-state index in [-0.39, 0.29) is 11.3 Å². The lowest BCUT2D eigenvalue weighted by atomic mass is 9.88. The second-order valence-electron chi connectivity index (χ2n) is 6.10. The van der Waals surface area contributed by atoms with Crippen LogP contribution >= 0.6 is 0 Å². The molecule has 0 aromatic carbocycles. The van der Waals surface area contributed by atoms with Crippen molar-refractivity contribution in [1.82, 2.24) is 19.9 Å². The van der Waals surface area contributed by atoms with Gasteiger partial charge in [-0.1, -0.05) is 25.0 Å². The maximum Gasteiger partial charge on any atom is 0.202 e. The number of likely N-dealkylation sites (tertiary alicyclic amines) is 1. The molecular weight excluding hydrogens is 252 g/mol. The summed E-state index contributed by atoms with van der Waals surface area (Å²) in [7, 11) is 0. The Balaban J connectivity index is 1.90. The standard InChI is InChI=1S/C15H24N4O/c1-2-9-19-13(12-16-17-19)14(20)15(7-3-4-8-15)18-10-5-6-11-18/h12H,2-11H2,1H3. The van der Waals surface area contributed by atoms with E-state index in [9.17, 15) is 4.79 Å². The van der Waals surface area contributed by atoms with E-state index in [0.717, 1.165) is 51.7 Å². The Kier molecular flexibility index (Phi) is 3.87. The van der Waals surface area contributed by atoms with Gasteiger partial charge in [-0.3, -0.25) is 9.69 Å². The van der Waals surface area contributed by atoms with E-state index in [2.05, 4.69) is 22.1 Å². The van der Waals surface area contributed by atoms with Gasteiger partial charge in [0.25, 0.3) is 0 Å². The van der Waals surface area contributed by atoms with Gasteiger partial charge in [-0.05, 0) is 45.2 Å². The normalized spacial score (nSPS) is 22.4. The van der Waals surface area contributed by atoms with E-state index < -0.39 is 0 Å². The van der Waals surface area contributed by atoms with Crippen LogP contribution in [0.1, 0.15) is 62.4 Å².